The van der Waals surface area contributed by atoms with E-state index >= 15 is 0 Å². The SMILES string of the molecule is Cc1cc(C)c(C)c(C(=O)c2ccccc2C(O)c2ccccc2)c1C. The molecule has 0 aromatic heterocycles. The van der Waals surface area contributed by atoms with Crippen molar-refractivity contribution in [2.75, 3.05) is 0 Å². The molecule has 3 aromatic rings. The van der Waals surface area contributed by atoms with Gasteiger partial charge >= 0.3 is 0 Å². The predicted molar refractivity (Wildman–Crippen MR) is 106 cm³/mol. The molecule has 3 aromatic carbocycles. The highest BCUT2D eigenvalue weighted by atomic mass is 16.3. The summed E-state index contributed by atoms with van der Waals surface area (Å²) in [6.45, 7) is 8.04. The maximum Gasteiger partial charge on any atom is 0.193 e. The Morgan fingerprint density at radius 3 is 1.96 bits per heavy atom. The lowest BCUT2D eigenvalue weighted by Crippen LogP contribution is -2.13. The number of hydrogen-bond acceptors (Lipinski definition) is 2. The maximum absolute atomic E-state index is 13.4. The van der Waals surface area contributed by atoms with Gasteiger partial charge in [-0.3, -0.25) is 4.79 Å². The van der Waals surface area contributed by atoms with E-state index in [0.717, 1.165) is 33.4 Å². The molecule has 3 rings (SSSR count). The second-order valence-electron chi connectivity index (χ2n) is 6.86. The second kappa shape index (κ2) is 7.27. The van der Waals surface area contributed by atoms with Gasteiger partial charge < -0.3 is 5.11 Å². The zero-order valence-electron chi connectivity index (χ0n) is 15.7. The number of rotatable bonds is 4. The Bertz CT molecular complexity index is 929. The molecule has 132 valence electrons. The van der Waals surface area contributed by atoms with Crippen molar-refractivity contribution in [1.82, 2.24) is 0 Å². The van der Waals surface area contributed by atoms with E-state index in [1.807, 2.05) is 76.2 Å². The van der Waals surface area contributed by atoms with E-state index in [1.54, 1.807) is 6.07 Å². The van der Waals surface area contributed by atoms with Crippen LogP contribution in [-0.4, -0.2) is 10.9 Å². The number of carbonyl (C=O) groups excluding carboxylic acids is 1. The van der Waals surface area contributed by atoms with Crippen LogP contribution in [0.5, 0.6) is 0 Å². The fourth-order valence-corrected chi connectivity index (χ4v) is 3.45. The third kappa shape index (κ3) is 3.21. The second-order valence-corrected chi connectivity index (χ2v) is 6.86. The lowest BCUT2D eigenvalue weighted by atomic mass is 9.86. The average molecular weight is 344 g/mol. The zero-order chi connectivity index (χ0) is 18.8. The van der Waals surface area contributed by atoms with Crippen LogP contribution in [-0.2, 0) is 0 Å². The summed E-state index contributed by atoms with van der Waals surface area (Å²) in [6, 6.07) is 18.9. The van der Waals surface area contributed by atoms with Gasteiger partial charge in [-0.05, 0) is 61.1 Å². The number of aliphatic hydroxyl groups is 1. The standard InChI is InChI=1S/C24H24O2/c1-15-14-16(2)18(4)22(17(15)3)24(26)21-13-9-8-12-20(21)23(25)19-10-6-5-7-11-19/h5-14,23,25H,1-4H3. The van der Waals surface area contributed by atoms with Gasteiger partial charge in [0.1, 0.15) is 6.10 Å². The van der Waals surface area contributed by atoms with Crippen LogP contribution in [0, 0.1) is 27.7 Å². The summed E-state index contributed by atoms with van der Waals surface area (Å²) in [7, 11) is 0. The molecule has 2 heteroatoms. The van der Waals surface area contributed by atoms with Crippen LogP contribution in [0.25, 0.3) is 0 Å². The first kappa shape index (κ1) is 18.1. The van der Waals surface area contributed by atoms with Gasteiger partial charge in [-0.1, -0.05) is 60.7 Å². The Kier molecular flexibility index (Phi) is 5.06. The highest BCUT2D eigenvalue weighted by Gasteiger charge is 2.23. The van der Waals surface area contributed by atoms with Gasteiger partial charge in [0, 0.05) is 11.1 Å². The molecular weight excluding hydrogens is 320 g/mol. The highest BCUT2D eigenvalue weighted by molar-refractivity contribution is 6.12. The van der Waals surface area contributed by atoms with E-state index in [4.69, 9.17) is 0 Å². The Morgan fingerprint density at radius 1 is 0.808 bits per heavy atom. The first-order chi connectivity index (χ1) is 12.4. The van der Waals surface area contributed by atoms with Crippen molar-refractivity contribution < 1.29 is 9.90 Å². The third-order valence-corrected chi connectivity index (χ3v) is 5.21. The van der Waals surface area contributed by atoms with Crippen LogP contribution < -0.4 is 0 Å². The van der Waals surface area contributed by atoms with E-state index < -0.39 is 6.10 Å². The first-order valence-electron chi connectivity index (χ1n) is 8.86. The molecule has 0 aliphatic heterocycles. The summed E-state index contributed by atoms with van der Waals surface area (Å²) >= 11 is 0. The van der Waals surface area contributed by atoms with Crippen LogP contribution in [0.15, 0.2) is 60.7 Å². The number of benzene rings is 3. The summed E-state index contributed by atoms with van der Waals surface area (Å²) in [5.41, 5.74) is 6.94. The Balaban J connectivity index is 2.14. The Morgan fingerprint density at radius 2 is 1.35 bits per heavy atom. The zero-order valence-corrected chi connectivity index (χ0v) is 15.7. The molecule has 0 heterocycles. The van der Waals surface area contributed by atoms with Gasteiger partial charge in [0.2, 0.25) is 0 Å². The van der Waals surface area contributed by atoms with Crippen LogP contribution in [0.4, 0.5) is 0 Å². The summed E-state index contributed by atoms with van der Waals surface area (Å²) in [5.74, 6) is -0.0302. The molecular formula is C24H24O2. The van der Waals surface area contributed by atoms with Crippen molar-refractivity contribution in [3.05, 3.63) is 105 Å². The summed E-state index contributed by atoms with van der Waals surface area (Å²) in [4.78, 5) is 13.4. The highest BCUT2D eigenvalue weighted by Crippen LogP contribution is 2.30. The topological polar surface area (TPSA) is 37.3 Å². The van der Waals surface area contributed by atoms with E-state index in [9.17, 15) is 9.90 Å². The molecule has 26 heavy (non-hydrogen) atoms. The van der Waals surface area contributed by atoms with Gasteiger partial charge in [0.05, 0.1) is 0 Å². The molecule has 0 spiro atoms. The van der Waals surface area contributed by atoms with Gasteiger partial charge in [-0.2, -0.15) is 0 Å². The molecule has 1 N–H and O–H groups in total. The molecule has 0 fully saturated rings. The van der Waals surface area contributed by atoms with Gasteiger partial charge in [0.15, 0.2) is 5.78 Å². The number of ketones is 1. The van der Waals surface area contributed by atoms with Crippen LogP contribution >= 0.6 is 0 Å². The minimum absolute atomic E-state index is 0.0302. The quantitative estimate of drug-likeness (QED) is 0.658. The molecule has 1 unspecified atom stereocenters. The maximum atomic E-state index is 13.4. The fraction of sp³-hybridized carbons (Fsp3) is 0.208. The van der Waals surface area contributed by atoms with E-state index in [1.165, 1.54) is 0 Å². The number of hydrogen-bond donors (Lipinski definition) is 1. The van der Waals surface area contributed by atoms with Crippen molar-refractivity contribution >= 4 is 5.78 Å². The molecule has 0 bridgehead atoms. The predicted octanol–water partition coefficient (Wildman–Crippen LogP) is 5.23. The molecule has 0 radical (unpaired) electrons. The number of carbonyl (C=O) groups is 1. The normalized spacial score (nSPS) is 12.0. The van der Waals surface area contributed by atoms with Crippen LogP contribution in [0.1, 0.15) is 55.4 Å². The lowest BCUT2D eigenvalue weighted by Gasteiger charge is -2.18. The van der Waals surface area contributed by atoms with Gasteiger partial charge in [0.25, 0.3) is 0 Å². The van der Waals surface area contributed by atoms with Crippen molar-refractivity contribution in [3.63, 3.8) is 0 Å². The average Bonchev–Trinajstić information content (AvgIpc) is 2.66. The molecule has 0 saturated heterocycles. The van der Waals surface area contributed by atoms with E-state index in [-0.39, 0.29) is 5.78 Å². The van der Waals surface area contributed by atoms with Crippen molar-refractivity contribution in [3.8, 4) is 0 Å². The Labute approximate surface area is 155 Å². The molecule has 0 saturated carbocycles. The van der Waals surface area contributed by atoms with Crippen LogP contribution in [0.2, 0.25) is 0 Å². The lowest BCUT2D eigenvalue weighted by molar-refractivity contribution is 0.103. The van der Waals surface area contributed by atoms with Crippen LogP contribution in [0.3, 0.4) is 0 Å². The minimum atomic E-state index is -0.831. The summed E-state index contributed by atoms with van der Waals surface area (Å²) in [5, 5.41) is 10.9. The molecule has 0 amide bonds. The van der Waals surface area contributed by atoms with E-state index in [2.05, 4.69) is 6.07 Å². The summed E-state index contributed by atoms with van der Waals surface area (Å²) in [6.07, 6.45) is -0.831. The minimum Gasteiger partial charge on any atom is -0.384 e. The Hall–Kier alpha value is -2.71. The van der Waals surface area contributed by atoms with E-state index in [0.29, 0.717) is 11.1 Å². The third-order valence-electron chi connectivity index (χ3n) is 5.21. The molecule has 2 nitrogen and oxygen atoms in total. The molecule has 1 atom stereocenters. The van der Waals surface area contributed by atoms with Gasteiger partial charge in [-0.25, -0.2) is 0 Å². The number of aliphatic hydroxyl groups excluding tert-OH is 1. The number of aryl methyl sites for hydroxylation is 2. The first-order valence-corrected chi connectivity index (χ1v) is 8.86. The molecule has 0 aliphatic carbocycles. The smallest absolute Gasteiger partial charge is 0.193 e. The summed E-state index contributed by atoms with van der Waals surface area (Å²) < 4.78 is 0. The van der Waals surface area contributed by atoms with Gasteiger partial charge in [-0.15, -0.1) is 0 Å². The van der Waals surface area contributed by atoms with Crippen molar-refractivity contribution in [1.29, 1.82) is 0 Å². The fourth-order valence-electron chi connectivity index (χ4n) is 3.45. The van der Waals surface area contributed by atoms with Crippen molar-refractivity contribution in [2.24, 2.45) is 0 Å². The largest absolute Gasteiger partial charge is 0.384 e. The van der Waals surface area contributed by atoms with Crippen molar-refractivity contribution in [2.45, 2.75) is 33.8 Å². The monoisotopic (exact) mass is 344 g/mol. The molecule has 0 aliphatic rings.